The Labute approximate surface area is 229 Å². The predicted octanol–water partition coefficient (Wildman–Crippen LogP) is 4.12. The van der Waals surface area contributed by atoms with Gasteiger partial charge in [-0.15, -0.1) is 5.10 Å². The van der Waals surface area contributed by atoms with E-state index in [1.165, 1.54) is 17.0 Å². The molecule has 3 aromatic heterocycles. The number of likely N-dealkylation sites (tertiary alicyclic amines) is 1. The molecule has 10 nitrogen and oxygen atoms in total. The van der Waals surface area contributed by atoms with E-state index in [1.54, 1.807) is 29.0 Å². The van der Waals surface area contributed by atoms with Crippen molar-refractivity contribution in [2.75, 3.05) is 18.4 Å². The molecule has 2 aromatic carbocycles. The van der Waals surface area contributed by atoms with Crippen molar-refractivity contribution in [2.45, 2.75) is 25.5 Å². The number of amides is 3. The van der Waals surface area contributed by atoms with Crippen molar-refractivity contribution < 1.29 is 19.1 Å². The molecule has 0 saturated carbocycles. The number of aromatic nitrogens is 4. The number of aliphatic hydroxyl groups excluding tert-OH is 1. The first-order chi connectivity index (χ1) is 19.2. The molecule has 3 amide bonds. The highest BCUT2D eigenvalue weighted by Crippen LogP contribution is 2.29. The summed E-state index contributed by atoms with van der Waals surface area (Å²) in [5.41, 5.74) is 4.39. The zero-order valence-corrected chi connectivity index (χ0v) is 22.0. The van der Waals surface area contributed by atoms with Gasteiger partial charge < -0.3 is 19.9 Å². The van der Waals surface area contributed by atoms with Gasteiger partial charge in [0.15, 0.2) is 5.65 Å². The van der Waals surface area contributed by atoms with Gasteiger partial charge in [-0.2, -0.15) is 4.98 Å². The van der Waals surface area contributed by atoms with E-state index in [2.05, 4.69) is 20.7 Å². The summed E-state index contributed by atoms with van der Waals surface area (Å²) < 4.78 is 17.2. The Morgan fingerprint density at radius 2 is 1.95 bits per heavy atom. The number of rotatable bonds is 5. The highest BCUT2D eigenvalue weighted by Gasteiger charge is 2.25. The van der Waals surface area contributed by atoms with Crippen LogP contribution in [0.5, 0.6) is 0 Å². The largest absolute Gasteiger partial charge is 0.391 e. The number of benzene rings is 2. The summed E-state index contributed by atoms with van der Waals surface area (Å²) in [6, 6.07) is 15.1. The molecule has 1 fully saturated rings. The van der Waals surface area contributed by atoms with Crippen LogP contribution in [0.3, 0.4) is 0 Å². The minimum Gasteiger partial charge on any atom is -0.391 e. The van der Waals surface area contributed by atoms with Gasteiger partial charge in [-0.3, -0.25) is 10.1 Å². The highest BCUT2D eigenvalue weighted by atomic mass is 19.1. The van der Waals surface area contributed by atoms with Crippen LogP contribution in [0.1, 0.15) is 35.3 Å². The summed E-state index contributed by atoms with van der Waals surface area (Å²) in [5, 5.41) is 20.5. The summed E-state index contributed by atoms with van der Waals surface area (Å²) in [7, 11) is 1.88. The third-order valence-electron chi connectivity index (χ3n) is 7.27. The number of anilines is 1. The van der Waals surface area contributed by atoms with Crippen molar-refractivity contribution in [3.8, 4) is 11.1 Å². The maximum absolute atomic E-state index is 13.7. The Morgan fingerprint density at radius 3 is 2.73 bits per heavy atom. The van der Waals surface area contributed by atoms with Crippen LogP contribution in [-0.4, -0.2) is 60.3 Å². The number of carbonyl (C=O) groups is 2. The van der Waals surface area contributed by atoms with E-state index < -0.39 is 6.10 Å². The van der Waals surface area contributed by atoms with E-state index >= 15 is 0 Å². The zero-order valence-electron chi connectivity index (χ0n) is 22.0. The molecule has 1 aliphatic rings. The van der Waals surface area contributed by atoms with Crippen LogP contribution in [0.25, 0.3) is 27.7 Å². The monoisotopic (exact) mass is 541 g/mol. The number of hydrogen-bond donors (Lipinski definition) is 3. The van der Waals surface area contributed by atoms with Crippen LogP contribution in [0, 0.1) is 5.82 Å². The number of aliphatic hydroxyl groups is 1. The number of pyridine rings is 1. The fraction of sp³-hybridized carbons (Fsp3) is 0.241. The third kappa shape index (κ3) is 4.87. The van der Waals surface area contributed by atoms with Gasteiger partial charge >= 0.3 is 6.03 Å². The van der Waals surface area contributed by atoms with Crippen molar-refractivity contribution in [2.24, 2.45) is 7.05 Å². The van der Waals surface area contributed by atoms with E-state index in [9.17, 15) is 19.1 Å². The standard InChI is InChI=1S/C29H28FN7O3/c1-17(18-4-3-5-21(30)12-18)31-27(39)24-16-35(2)25-7-6-19(13-23(24)25)20-8-11-37-26(14-20)32-28(34-37)33-29(40)36-10-9-22(38)15-36/h3-8,11-14,16-17,22,38H,9-10,15H2,1-2H3,(H,31,39)(H,33,34,40)/t17?,22-/m1/s1. The van der Waals surface area contributed by atoms with E-state index in [-0.39, 0.29) is 36.3 Å². The Balaban J connectivity index is 1.26. The first-order valence-electron chi connectivity index (χ1n) is 13.0. The molecular weight excluding hydrogens is 513 g/mol. The van der Waals surface area contributed by atoms with Gasteiger partial charge in [0.2, 0.25) is 0 Å². The van der Waals surface area contributed by atoms with Gasteiger partial charge in [0.05, 0.1) is 17.7 Å². The predicted molar refractivity (Wildman–Crippen MR) is 148 cm³/mol. The minimum absolute atomic E-state index is 0.174. The molecule has 0 bridgehead atoms. The summed E-state index contributed by atoms with van der Waals surface area (Å²) in [4.78, 5) is 31.7. The molecule has 5 aromatic rings. The maximum atomic E-state index is 13.7. The van der Waals surface area contributed by atoms with Crippen LogP contribution >= 0.6 is 0 Å². The molecule has 2 atom stereocenters. The number of halogens is 1. The molecule has 0 radical (unpaired) electrons. The Bertz CT molecular complexity index is 1760. The average Bonchev–Trinajstić information content (AvgIpc) is 3.64. The smallest absolute Gasteiger partial charge is 0.324 e. The lowest BCUT2D eigenvalue weighted by atomic mass is 10.0. The SMILES string of the molecule is CC(NC(=O)c1cn(C)c2ccc(-c3ccn4nc(NC(=O)N5CC[C@@H](O)C5)nc4c3)cc12)c1cccc(F)c1. The number of fused-ring (bicyclic) bond motifs is 2. The Hall–Kier alpha value is -4.77. The Kier molecular flexibility index (Phi) is 6.43. The normalized spacial score (nSPS) is 16.0. The van der Waals surface area contributed by atoms with Crippen molar-refractivity contribution in [3.63, 3.8) is 0 Å². The van der Waals surface area contributed by atoms with Gasteiger partial charge in [-0.1, -0.05) is 18.2 Å². The molecule has 1 unspecified atom stereocenters. The highest BCUT2D eigenvalue weighted by molar-refractivity contribution is 6.08. The summed E-state index contributed by atoms with van der Waals surface area (Å²) in [6.45, 7) is 2.59. The molecule has 1 saturated heterocycles. The average molecular weight is 542 g/mol. The quantitative estimate of drug-likeness (QED) is 0.310. The maximum Gasteiger partial charge on any atom is 0.324 e. The molecular formula is C29H28FN7O3. The van der Waals surface area contributed by atoms with Gasteiger partial charge in [0, 0.05) is 43.4 Å². The molecule has 3 N–H and O–H groups in total. The van der Waals surface area contributed by atoms with Gasteiger partial charge in [-0.25, -0.2) is 13.7 Å². The van der Waals surface area contributed by atoms with E-state index in [0.717, 1.165) is 22.0 Å². The lowest BCUT2D eigenvalue weighted by Gasteiger charge is -2.14. The summed E-state index contributed by atoms with van der Waals surface area (Å²) in [6.07, 6.45) is 3.60. The zero-order chi connectivity index (χ0) is 28.0. The Morgan fingerprint density at radius 1 is 1.12 bits per heavy atom. The number of urea groups is 1. The van der Waals surface area contributed by atoms with Gasteiger partial charge in [0.25, 0.3) is 11.9 Å². The molecule has 0 aliphatic carbocycles. The third-order valence-corrected chi connectivity index (χ3v) is 7.27. The van der Waals surface area contributed by atoms with Crippen LogP contribution in [0.2, 0.25) is 0 Å². The fourth-order valence-corrected chi connectivity index (χ4v) is 5.10. The van der Waals surface area contributed by atoms with Crippen LogP contribution < -0.4 is 10.6 Å². The lowest BCUT2D eigenvalue weighted by Crippen LogP contribution is -2.33. The number of nitrogens with one attached hydrogen (secondary N) is 2. The molecule has 204 valence electrons. The molecule has 1 aliphatic heterocycles. The van der Waals surface area contributed by atoms with E-state index in [1.807, 2.05) is 48.9 Å². The molecule has 40 heavy (non-hydrogen) atoms. The number of hydrogen-bond acceptors (Lipinski definition) is 5. The number of aryl methyl sites for hydroxylation is 1. The fourth-order valence-electron chi connectivity index (χ4n) is 5.10. The van der Waals surface area contributed by atoms with Crippen molar-refractivity contribution >= 4 is 34.4 Å². The van der Waals surface area contributed by atoms with Gasteiger partial charge in [-0.05, 0) is 66.4 Å². The first kappa shape index (κ1) is 25.5. The van der Waals surface area contributed by atoms with E-state index in [4.69, 9.17) is 0 Å². The van der Waals surface area contributed by atoms with Crippen molar-refractivity contribution in [1.82, 2.24) is 29.4 Å². The number of β-amino-alcohol motifs (C(OH)–C–C–N with tert-alkyl or cyclic N) is 1. The second-order valence-corrected chi connectivity index (χ2v) is 10.1. The minimum atomic E-state index is -0.507. The number of carbonyl (C=O) groups excluding carboxylic acids is 2. The lowest BCUT2D eigenvalue weighted by molar-refractivity contribution is 0.0941. The van der Waals surface area contributed by atoms with E-state index in [0.29, 0.717) is 29.7 Å². The molecule has 4 heterocycles. The second-order valence-electron chi connectivity index (χ2n) is 10.1. The molecule has 0 spiro atoms. The summed E-state index contributed by atoms with van der Waals surface area (Å²) in [5.74, 6) is -0.425. The number of nitrogens with zero attached hydrogens (tertiary/aromatic N) is 5. The van der Waals surface area contributed by atoms with Crippen LogP contribution in [0.15, 0.2) is 67.0 Å². The van der Waals surface area contributed by atoms with Crippen molar-refractivity contribution in [3.05, 3.63) is 83.9 Å². The summed E-state index contributed by atoms with van der Waals surface area (Å²) >= 11 is 0. The van der Waals surface area contributed by atoms with Crippen LogP contribution in [0.4, 0.5) is 15.1 Å². The molecule has 6 rings (SSSR count). The second kappa shape index (κ2) is 10.1. The first-order valence-corrected chi connectivity index (χ1v) is 13.0. The van der Waals surface area contributed by atoms with Gasteiger partial charge in [0.1, 0.15) is 5.82 Å². The van der Waals surface area contributed by atoms with Crippen LogP contribution in [-0.2, 0) is 7.05 Å². The topological polar surface area (TPSA) is 117 Å². The molecule has 11 heteroatoms. The van der Waals surface area contributed by atoms with Crippen molar-refractivity contribution in [1.29, 1.82) is 0 Å².